The predicted molar refractivity (Wildman–Crippen MR) is 71.8 cm³/mol. The third-order valence-corrected chi connectivity index (χ3v) is 2.90. The molecule has 0 spiro atoms. The average molecular weight is 264 g/mol. The van der Waals surface area contributed by atoms with Gasteiger partial charge in [0.25, 0.3) is 0 Å². The van der Waals surface area contributed by atoms with Gasteiger partial charge in [0.05, 0.1) is 0 Å². The zero-order valence-electron chi connectivity index (χ0n) is 12.1. The Labute approximate surface area is 112 Å². The van der Waals surface area contributed by atoms with Crippen molar-refractivity contribution in [2.45, 2.75) is 60.0 Å². The van der Waals surface area contributed by atoms with Crippen LogP contribution < -0.4 is 0 Å². The van der Waals surface area contributed by atoms with E-state index in [9.17, 15) is 0 Å². The molecule has 0 aromatic carbocycles. The second kappa shape index (κ2) is 16.4. The maximum atomic E-state index is 8.06. The quantitative estimate of drug-likeness (QED) is 0.650. The van der Waals surface area contributed by atoms with Gasteiger partial charge in [-0.3, -0.25) is 0 Å². The van der Waals surface area contributed by atoms with Crippen molar-refractivity contribution >= 4 is 15.1 Å². The van der Waals surface area contributed by atoms with E-state index < -0.39 is 15.1 Å². The molecule has 0 aliphatic carbocycles. The van der Waals surface area contributed by atoms with E-state index in [1.54, 1.807) is 13.8 Å². The highest BCUT2D eigenvalue weighted by atomic mass is 27.3. The van der Waals surface area contributed by atoms with Crippen molar-refractivity contribution in [3.05, 3.63) is 0 Å². The average Bonchev–Trinajstić information content (AvgIpc) is 2.27. The third kappa shape index (κ3) is 22.1. The van der Waals surface area contributed by atoms with Gasteiger partial charge in [-0.05, 0) is 33.1 Å². The van der Waals surface area contributed by atoms with Crippen molar-refractivity contribution in [1.29, 1.82) is 0 Å². The predicted octanol–water partition coefficient (Wildman–Crippen LogP) is 2.64. The molecular weight excluding hydrogens is 235 g/mol. The summed E-state index contributed by atoms with van der Waals surface area (Å²) in [5.41, 5.74) is 0. The molecule has 0 heterocycles. The van der Waals surface area contributed by atoms with Crippen LogP contribution in [0.3, 0.4) is 0 Å². The first kappa shape index (κ1) is 19.7. The van der Waals surface area contributed by atoms with Crippen LogP contribution in [0.5, 0.6) is 0 Å². The van der Waals surface area contributed by atoms with E-state index in [-0.39, 0.29) is 6.10 Å². The van der Waals surface area contributed by atoms with Crippen molar-refractivity contribution in [1.82, 2.24) is 0 Å². The van der Waals surface area contributed by atoms with Crippen LogP contribution in [0.25, 0.3) is 0 Å². The van der Waals surface area contributed by atoms with Crippen molar-refractivity contribution in [3.8, 4) is 0 Å². The normalized spacial score (nSPS) is 10.1. The van der Waals surface area contributed by atoms with E-state index in [2.05, 4.69) is 20.8 Å². The van der Waals surface area contributed by atoms with Crippen LogP contribution in [0.1, 0.15) is 53.9 Å². The van der Waals surface area contributed by atoms with Crippen molar-refractivity contribution < 1.29 is 16.5 Å². The van der Waals surface area contributed by atoms with Gasteiger partial charge in [-0.1, -0.05) is 20.8 Å². The number of hydrogen-bond donors (Lipinski definition) is 1. The fraction of sp³-hybridized carbons (Fsp3) is 1.00. The molecule has 0 bridgehead atoms. The van der Waals surface area contributed by atoms with Crippen LogP contribution in [0.4, 0.5) is 0 Å². The zero-order valence-corrected chi connectivity index (χ0v) is 13.2. The Kier molecular flexibility index (Phi) is 19.0. The van der Waals surface area contributed by atoms with Crippen LogP contribution in [-0.4, -0.2) is 46.2 Å². The van der Waals surface area contributed by atoms with Gasteiger partial charge in [0.2, 0.25) is 0 Å². The summed E-state index contributed by atoms with van der Waals surface area (Å²) in [5.74, 6) is 0. The van der Waals surface area contributed by atoms with Crippen molar-refractivity contribution in [3.63, 3.8) is 0 Å². The summed E-state index contributed by atoms with van der Waals surface area (Å²) in [5, 5.41) is 8.06. The molecule has 0 fully saturated rings. The highest BCUT2D eigenvalue weighted by Crippen LogP contribution is 1.96. The van der Waals surface area contributed by atoms with Gasteiger partial charge in [-0.25, -0.2) is 0 Å². The van der Waals surface area contributed by atoms with Gasteiger partial charge in [0, 0.05) is 25.9 Å². The second-order valence-corrected chi connectivity index (χ2v) is 5.57. The van der Waals surface area contributed by atoms with E-state index in [1.165, 1.54) is 0 Å². The third-order valence-electron chi connectivity index (χ3n) is 1.37. The number of aliphatic hydroxyl groups is 1. The molecule has 0 saturated carbocycles. The monoisotopic (exact) mass is 264 g/mol. The molecule has 0 rings (SSSR count). The summed E-state index contributed by atoms with van der Waals surface area (Å²) in [4.78, 5) is 0. The summed E-state index contributed by atoms with van der Waals surface area (Å²) in [6.07, 6.45) is 2.90. The molecule has 0 aromatic heterocycles. The minimum absolute atomic E-state index is 0.167. The molecule has 0 saturated heterocycles. The van der Waals surface area contributed by atoms with Gasteiger partial charge >= 0.3 is 15.1 Å². The Morgan fingerprint density at radius 3 is 1.24 bits per heavy atom. The molecule has 0 atom stereocenters. The standard InChI is InChI=1S/C3H8O.3C3H7O.Al/c1-3(2)4;3*1-2-3-4;/h3-4H,1-2H3;3*2-3H2,1H3;/q;3*-1;+3. The van der Waals surface area contributed by atoms with E-state index in [0.717, 1.165) is 39.1 Å². The molecule has 17 heavy (non-hydrogen) atoms. The summed E-state index contributed by atoms with van der Waals surface area (Å²) < 4.78 is 16.5. The number of aliphatic hydroxyl groups excluding tert-OH is 1. The van der Waals surface area contributed by atoms with Crippen LogP contribution in [0, 0.1) is 0 Å². The first-order valence-corrected chi connectivity index (χ1v) is 8.02. The molecule has 1 N–H and O–H groups in total. The molecular formula is C12H29AlO4. The van der Waals surface area contributed by atoms with E-state index in [4.69, 9.17) is 16.5 Å². The van der Waals surface area contributed by atoms with E-state index in [0.29, 0.717) is 0 Å². The summed E-state index contributed by atoms with van der Waals surface area (Å²) >= 11 is -1.79. The molecule has 0 aromatic rings. The first-order valence-electron chi connectivity index (χ1n) is 6.61. The molecule has 0 aliphatic rings. The first-order chi connectivity index (χ1) is 8.08. The summed E-state index contributed by atoms with van der Waals surface area (Å²) in [6.45, 7) is 12.0. The zero-order chi connectivity index (χ0) is 13.5. The van der Waals surface area contributed by atoms with Crippen LogP contribution in [0.2, 0.25) is 0 Å². The highest BCUT2D eigenvalue weighted by molar-refractivity contribution is 6.36. The number of rotatable bonds is 9. The van der Waals surface area contributed by atoms with Gasteiger partial charge in [0.1, 0.15) is 0 Å². The Bertz CT molecular complexity index is 112. The molecule has 0 aliphatic heterocycles. The van der Waals surface area contributed by atoms with Crippen molar-refractivity contribution in [2.75, 3.05) is 19.8 Å². The molecule has 0 radical (unpaired) electrons. The van der Waals surface area contributed by atoms with Crippen molar-refractivity contribution in [2.24, 2.45) is 0 Å². The van der Waals surface area contributed by atoms with Gasteiger partial charge in [-0.2, -0.15) is 0 Å². The molecule has 5 heteroatoms. The minimum atomic E-state index is -1.79. The summed E-state index contributed by atoms with van der Waals surface area (Å²) in [6, 6.07) is 0. The Hall–Kier alpha value is 0.372. The van der Waals surface area contributed by atoms with Gasteiger partial charge in [-0.15, -0.1) is 0 Å². The smallest absolute Gasteiger partial charge is 0.454 e. The number of hydrogen-bond acceptors (Lipinski definition) is 4. The maximum Gasteiger partial charge on any atom is 0.905 e. The minimum Gasteiger partial charge on any atom is -0.454 e. The van der Waals surface area contributed by atoms with Crippen LogP contribution >= 0.6 is 0 Å². The fourth-order valence-electron chi connectivity index (χ4n) is 0.787. The fourth-order valence-corrected chi connectivity index (χ4v) is 2.36. The Balaban J connectivity index is 0. The topological polar surface area (TPSA) is 47.9 Å². The van der Waals surface area contributed by atoms with Crippen LogP contribution in [0.15, 0.2) is 0 Å². The lowest BCUT2D eigenvalue weighted by molar-refractivity contribution is 0.0933. The van der Waals surface area contributed by atoms with Crippen LogP contribution in [-0.2, 0) is 11.4 Å². The lowest BCUT2D eigenvalue weighted by Crippen LogP contribution is -2.28. The maximum absolute atomic E-state index is 8.06. The molecule has 0 unspecified atom stereocenters. The lowest BCUT2D eigenvalue weighted by atomic mass is 10.5. The van der Waals surface area contributed by atoms with Gasteiger partial charge in [0.15, 0.2) is 0 Å². The highest BCUT2D eigenvalue weighted by Gasteiger charge is 2.29. The Morgan fingerprint density at radius 1 is 0.824 bits per heavy atom. The SMILES string of the molecule is CC(C)O.CCC[O][Al]([O]CCC)[O]CCC. The molecule has 0 amide bonds. The van der Waals surface area contributed by atoms with E-state index >= 15 is 0 Å². The molecule has 104 valence electrons. The second-order valence-electron chi connectivity index (χ2n) is 3.99. The lowest BCUT2D eigenvalue weighted by Gasteiger charge is -2.11. The Morgan fingerprint density at radius 2 is 1.06 bits per heavy atom. The summed E-state index contributed by atoms with van der Waals surface area (Å²) in [7, 11) is 0. The van der Waals surface area contributed by atoms with Gasteiger partial charge < -0.3 is 16.5 Å². The largest absolute Gasteiger partial charge is 0.905 e. The molecule has 4 nitrogen and oxygen atoms in total. The van der Waals surface area contributed by atoms with E-state index in [1.807, 2.05) is 0 Å².